The van der Waals surface area contributed by atoms with Gasteiger partial charge < -0.3 is 5.73 Å². The molecule has 0 unspecified atom stereocenters. The minimum atomic E-state index is -0.906. The number of hydrogen-bond acceptors (Lipinski definition) is 3. The molecule has 2 N–H and O–H groups in total. The first-order chi connectivity index (χ1) is 9.65. The number of halogens is 2. The van der Waals surface area contributed by atoms with Crippen LogP contribution in [0, 0.1) is 11.6 Å². The summed E-state index contributed by atoms with van der Waals surface area (Å²) < 4.78 is 26.2. The van der Waals surface area contributed by atoms with Gasteiger partial charge in [0.15, 0.2) is 11.6 Å². The topological polar surface area (TPSA) is 38.9 Å². The van der Waals surface area contributed by atoms with Gasteiger partial charge in [-0.1, -0.05) is 41.7 Å². The van der Waals surface area contributed by atoms with Crippen molar-refractivity contribution in [1.82, 2.24) is 4.98 Å². The van der Waals surface area contributed by atoms with Crippen LogP contribution in [-0.4, -0.2) is 4.98 Å². The van der Waals surface area contributed by atoms with E-state index in [1.165, 1.54) is 17.4 Å². The zero-order chi connectivity index (χ0) is 14.1. The first-order valence-corrected chi connectivity index (χ1v) is 6.74. The minimum Gasteiger partial charge on any atom is -0.389 e. The van der Waals surface area contributed by atoms with E-state index in [4.69, 9.17) is 5.73 Å². The summed E-state index contributed by atoms with van der Waals surface area (Å²) in [6.07, 6.45) is 0. The number of aromatic nitrogens is 1. The normalized spacial score (nSPS) is 10.7. The summed E-state index contributed by atoms with van der Waals surface area (Å²) in [6.45, 7) is 0. The van der Waals surface area contributed by atoms with Crippen LogP contribution in [0.15, 0.2) is 48.5 Å². The number of nitrogens with two attached hydrogens (primary N) is 1. The van der Waals surface area contributed by atoms with Crippen LogP contribution >= 0.6 is 11.3 Å². The van der Waals surface area contributed by atoms with Crippen LogP contribution in [0.3, 0.4) is 0 Å². The van der Waals surface area contributed by atoms with Gasteiger partial charge in [0.1, 0.15) is 15.7 Å². The predicted molar refractivity (Wildman–Crippen MR) is 77.3 cm³/mol. The molecule has 20 heavy (non-hydrogen) atoms. The zero-order valence-electron chi connectivity index (χ0n) is 10.3. The van der Waals surface area contributed by atoms with Gasteiger partial charge in [0.05, 0.1) is 0 Å². The third kappa shape index (κ3) is 2.28. The fraction of sp³-hybridized carbons (Fsp3) is 0. The van der Waals surface area contributed by atoms with E-state index < -0.39 is 11.6 Å². The van der Waals surface area contributed by atoms with Crippen LogP contribution in [0.1, 0.15) is 0 Å². The van der Waals surface area contributed by atoms with Crippen molar-refractivity contribution >= 4 is 16.3 Å². The van der Waals surface area contributed by atoms with E-state index in [1.54, 1.807) is 0 Å². The van der Waals surface area contributed by atoms with Gasteiger partial charge in [-0.2, -0.15) is 0 Å². The van der Waals surface area contributed by atoms with Crippen LogP contribution in [0.5, 0.6) is 0 Å². The average molecular weight is 288 g/mol. The van der Waals surface area contributed by atoms with E-state index in [-0.39, 0.29) is 0 Å². The molecule has 0 atom stereocenters. The Morgan fingerprint density at radius 1 is 0.900 bits per heavy atom. The molecule has 0 spiro atoms. The maximum Gasteiger partial charge on any atom is 0.159 e. The second-order valence-corrected chi connectivity index (χ2v) is 5.26. The summed E-state index contributed by atoms with van der Waals surface area (Å²) in [5.74, 6) is -1.79. The molecule has 2 aromatic carbocycles. The zero-order valence-corrected chi connectivity index (χ0v) is 11.1. The van der Waals surface area contributed by atoms with Gasteiger partial charge in [0.2, 0.25) is 0 Å². The Labute approximate surface area is 118 Å². The molecule has 0 aliphatic rings. The highest BCUT2D eigenvalue weighted by Crippen LogP contribution is 2.36. The largest absolute Gasteiger partial charge is 0.389 e. The SMILES string of the molecule is Nc1sc(-c2ccccc2)nc1-c1ccc(F)c(F)c1. The van der Waals surface area contributed by atoms with E-state index in [0.717, 1.165) is 22.7 Å². The minimum absolute atomic E-state index is 0.472. The number of anilines is 1. The summed E-state index contributed by atoms with van der Waals surface area (Å²) in [7, 11) is 0. The monoisotopic (exact) mass is 288 g/mol. The van der Waals surface area contributed by atoms with Crippen LogP contribution < -0.4 is 5.73 Å². The molecule has 0 radical (unpaired) electrons. The molecule has 0 aliphatic heterocycles. The smallest absolute Gasteiger partial charge is 0.159 e. The highest BCUT2D eigenvalue weighted by molar-refractivity contribution is 7.19. The van der Waals surface area contributed by atoms with E-state index >= 15 is 0 Å². The predicted octanol–water partition coefficient (Wildman–Crippen LogP) is 4.34. The van der Waals surface area contributed by atoms with Crippen molar-refractivity contribution < 1.29 is 8.78 Å². The van der Waals surface area contributed by atoms with Crippen LogP contribution in [0.4, 0.5) is 13.8 Å². The molecule has 5 heteroatoms. The van der Waals surface area contributed by atoms with Gasteiger partial charge in [-0.25, -0.2) is 13.8 Å². The third-order valence-corrected chi connectivity index (χ3v) is 3.80. The molecule has 1 heterocycles. The third-order valence-electron chi connectivity index (χ3n) is 2.87. The number of nitrogens with zero attached hydrogens (tertiary/aromatic N) is 1. The molecule has 0 bridgehead atoms. The van der Waals surface area contributed by atoms with Crippen molar-refractivity contribution in [1.29, 1.82) is 0 Å². The van der Waals surface area contributed by atoms with Crippen LogP contribution in [0.2, 0.25) is 0 Å². The lowest BCUT2D eigenvalue weighted by molar-refractivity contribution is 0.509. The number of benzene rings is 2. The van der Waals surface area contributed by atoms with E-state index in [2.05, 4.69) is 4.98 Å². The van der Waals surface area contributed by atoms with E-state index in [9.17, 15) is 8.78 Å². The lowest BCUT2D eigenvalue weighted by Gasteiger charge is -1.99. The van der Waals surface area contributed by atoms with E-state index in [0.29, 0.717) is 16.3 Å². The lowest BCUT2D eigenvalue weighted by atomic mass is 10.1. The van der Waals surface area contributed by atoms with E-state index in [1.807, 2.05) is 30.3 Å². The Bertz CT molecular complexity index is 754. The molecular weight excluding hydrogens is 278 g/mol. The Hall–Kier alpha value is -2.27. The fourth-order valence-electron chi connectivity index (χ4n) is 1.89. The highest BCUT2D eigenvalue weighted by Gasteiger charge is 2.13. The molecule has 0 aliphatic carbocycles. The maximum atomic E-state index is 13.3. The number of nitrogen functional groups attached to an aromatic ring is 1. The molecule has 0 saturated heterocycles. The second kappa shape index (κ2) is 5.02. The van der Waals surface area contributed by atoms with Crippen molar-refractivity contribution in [3.63, 3.8) is 0 Å². The molecular formula is C15H10F2N2S. The Morgan fingerprint density at radius 2 is 1.65 bits per heavy atom. The molecule has 2 nitrogen and oxygen atoms in total. The number of hydrogen-bond donors (Lipinski definition) is 1. The lowest BCUT2D eigenvalue weighted by Crippen LogP contribution is -1.89. The first kappa shape index (κ1) is 12.7. The Kier molecular flexibility index (Phi) is 3.20. The summed E-state index contributed by atoms with van der Waals surface area (Å²) in [6, 6.07) is 13.2. The summed E-state index contributed by atoms with van der Waals surface area (Å²) in [4.78, 5) is 4.43. The first-order valence-electron chi connectivity index (χ1n) is 5.92. The van der Waals surface area contributed by atoms with Gasteiger partial charge in [-0.05, 0) is 18.2 Å². The fourth-order valence-corrected chi connectivity index (χ4v) is 2.75. The standard InChI is InChI=1S/C15H10F2N2S/c16-11-7-6-10(8-12(11)17)13-14(18)20-15(19-13)9-4-2-1-3-5-9/h1-8H,18H2. The Balaban J connectivity index is 2.07. The molecule has 0 amide bonds. The van der Waals surface area contributed by atoms with Crippen LogP contribution in [-0.2, 0) is 0 Å². The summed E-state index contributed by atoms with van der Waals surface area (Å²) in [5.41, 5.74) is 7.83. The van der Waals surface area contributed by atoms with Gasteiger partial charge >= 0.3 is 0 Å². The quantitative estimate of drug-likeness (QED) is 0.762. The van der Waals surface area contributed by atoms with Gasteiger partial charge in [-0.15, -0.1) is 0 Å². The van der Waals surface area contributed by atoms with Gasteiger partial charge in [0.25, 0.3) is 0 Å². The summed E-state index contributed by atoms with van der Waals surface area (Å²) in [5, 5.41) is 1.23. The number of rotatable bonds is 2. The second-order valence-electron chi connectivity index (χ2n) is 4.23. The van der Waals surface area contributed by atoms with Crippen molar-refractivity contribution in [3.05, 3.63) is 60.2 Å². The van der Waals surface area contributed by atoms with Gasteiger partial charge in [0, 0.05) is 11.1 Å². The van der Waals surface area contributed by atoms with Gasteiger partial charge in [-0.3, -0.25) is 0 Å². The molecule has 0 fully saturated rings. The Morgan fingerprint density at radius 3 is 2.35 bits per heavy atom. The number of thiazole rings is 1. The molecule has 3 aromatic rings. The highest BCUT2D eigenvalue weighted by atomic mass is 32.1. The van der Waals surface area contributed by atoms with Crippen LogP contribution in [0.25, 0.3) is 21.8 Å². The molecule has 3 rings (SSSR count). The molecule has 0 saturated carbocycles. The molecule has 1 aromatic heterocycles. The summed E-state index contributed by atoms with van der Waals surface area (Å²) >= 11 is 1.32. The van der Waals surface area contributed by atoms with Crippen molar-refractivity contribution in [2.45, 2.75) is 0 Å². The van der Waals surface area contributed by atoms with Crippen molar-refractivity contribution in [3.8, 4) is 21.8 Å². The average Bonchev–Trinajstić information content (AvgIpc) is 2.85. The van der Waals surface area contributed by atoms with Crippen molar-refractivity contribution in [2.24, 2.45) is 0 Å². The maximum absolute atomic E-state index is 13.3. The van der Waals surface area contributed by atoms with Crippen molar-refractivity contribution in [2.75, 3.05) is 5.73 Å². The molecule has 100 valence electrons.